The molecular formula is C13H22N2O3. The van der Waals surface area contributed by atoms with E-state index in [4.69, 9.17) is 5.11 Å². The smallest absolute Gasteiger partial charge is 0.323 e. The number of rotatable bonds is 4. The number of carbonyl (C=O) groups excluding carboxylic acids is 1. The molecule has 0 radical (unpaired) electrons. The largest absolute Gasteiger partial charge is 0.480 e. The topological polar surface area (TPSA) is 69.6 Å². The van der Waals surface area contributed by atoms with Crippen LogP contribution in [0.3, 0.4) is 0 Å². The van der Waals surface area contributed by atoms with Crippen LogP contribution in [0.4, 0.5) is 0 Å². The molecule has 0 spiro atoms. The Balaban J connectivity index is 2.11. The molecule has 0 aromatic heterocycles. The summed E-state index contributed by atoms with van der Waals surface area (Å²) < 4.78 is 0. The second-order valence-corrected chi connectivity index (χ2v) is 5.63. The summed E-state index contributed by atoms with van der Waals surface area (Å²) in [6, 6.07) is 0.118. The molecule has 2 rings (SSSR count). The van der Waals surface area contributed by atoms with Crippen LogP contribution in [-0.2, 0) is 9.59 Å². The van der Waals surface area contributed by atoms with Gasteiger partial charge in [-0.3, -0.25) is 9.59 Å². The molecule has 5 heteroatoms. The lowest BCUT2D eigenvalue weighted by molar-refractivity contribution is -0.149. The Morgan fingerprint density at radius 2 is 2.00 bits per heavy atom. The number of amides is 1. The maximum absolute atomic E-state index is 12.6. The van der Waals surface area contributed by atoms with E-state index in [1.165, 1.54) is 0 Å². The normalized spacial score (nSPS) is 28.5. The molecule has 1 aliphatic heterocycles. The Hall–Kier alpha value is -1.10. The molecule has 1 saturated carbocycles. The third-order valence-corrected chi connectivity index (χ3v) is 4.17. The van der Waals surface area contributed by atoms with E-state index in [0.29, 0.717) is 0 Å². The number of hydrogen-bond donors (Lipinski definition) is 2. The molecule has 0 aromatic rings. The van der Waals surface area contributed by atoms with E-state index in [1.807, 2.05) is 6.92 Å². The van der Waals surface area contributed by atoms with Gasteiger partial charge in [0.15, 0.2) is 0 Å². The monoisotopic (exact) mass is 254 g/mol. The Kier molecular flexibility index (Phi) is 3.90. The second-order valence-electron chi connectivity index (χ2n) is 5.63. The van der Waals surface area contributed by atoms with Gasteiger partial charge in [-0.15, -0.1) is 0 Å². The van der Waals surface area contributed by atoms with E-state index >= 15 is 0 Å². The Morgan fingerprint density at radius 3 is 2.50 bits per heavy atom. The molecule has 0 aromatic carbocycles. The first-order valence-electron chi connectivity index (χ1n) is 6.81. The summed E-state index contributed by atoms with van der Waals surface area (Å²) in [4.78, 5) is 25.2. The van der Waals surface area contributed by atoms with Crippen LogP contribution >= 0.6 is 0 Å². The minimum atomic E-state index is -0.920. The van der Waals surface area contributed by atoms with Gasteiger partial charge in [-0.1, -0.05) is 12.8 Å². The predicted molar refractivity (Wildman–Crippen MR) is 67.2 cm³/mol. The van der Waals surface area contributed by atoms with E-state index in [0.717, 1.165) is 45.1 Å². The van der Waals surface area contributed by atoms with E-state index < -0.39 is 11.5 Å². The highest BCUT2D eigenvalue weighted by atomic mass is 16.4. The minimum Gasteiger partial charge on any atom is -0.480 e. The Morgan fingerprint density at radius 1 is 1.33 bits per heavy atom. The zero-order valence-corrected chi connectivity index (χ0v) is 10.9. The highest BCUT2D eigenvalue weighted by Gasteiger charge is 2.42. The molecule has 102 valence electrons. The third kappa shape index (κ3) is 2.66. The fourth-order valence-electron chi connectivity index (χ4n) is 3.12. The van der Waals surface area contributed by atoms with Crippen molar-refractivity contribution in [3.8, 4) is 0 Å². The van der Waals surface area contributed by atoms with Crippen LogP contribution in [-0.4, -0.2) is 46.6 Å². The van der Waals surface area contributed by atoms with Crippen LogP contribution in [0.5, 0.6) is 0 Å². The summed E-state index contributed by atoms with van der Waals surface area (Å²) in [6.07, 6.45) is 5.85. The fraction of sp³-hybridized carbons (Fsp3) is 0.846. The number of carbonyl (C=O) groups is 2. The fourth-order valence-corrected chi connectivity index (χ4v) is 3.12. The van der Waals surface area contributed by atoms with Crippen molar-refractivity contribution in [1.82, 2.24) is 10.2 Å². The van der Waals surface area contributed by atoms with Crippen molar-refractivity contribution < 1.29 is 14.7 Å². The molecule has 1 saturated heterocycles. The third-order valence-electron chi connectivity index (χ3n) is 4.17. The summed E-state index contributed by atoms with van der Waals surface area (Å²) in [5, 5.41) is 12.2. The quantitative estimate of drug-likeness (QED) is 0.785. The Bertz CT molecular complexity index is 331. The first-order valence-corrected chi connectivity index (χ1v) is 6.81. The highest BCUT2D eigenvalue weighted by Crippen LogP contribution is 2.28. The number of carboxylic acids is 1. The lowest BCUT2D eigenvalue weighted by Crippen LogP contribution is -2.56. The number of nitrogens with zero attached hydrogens (tertiary/aromatic N) is 1. The van der Waals surface area contributed by atoms with Crippen LogP contribution in [0.2, 0.25) is 0 Å². The summed E-state index contributed by atoms with van der Waals surface area (Å²) in [6.45, 7) is 2.57. The summed E-state index contributed by atoms with van der Waals surface area (Å²) in [7, 11) is 0. The maximum atomic E-state index is 12.6. The van der Waals surface area contributed by atoms with Crippen LogP contribution in [0.25, 0.3) is 0 Å². The maximum Gasteiger partial charge on any atom is 0.323 e. The van der Waals surface area contributed by atoms with Crippen molar-refractivity contribution in [3.63, 3.8) is 0 Å². The molecule has 1 heterocycles. The lowest BCUT2D eigenvalue weighted by Gasteiger charge is -2.34. The van der Waals surface area contributed by atoms with Gasteiger partial charge < -0.3 is 15.3 Å². The SMILES string of the molecule is CC1(C(=O)N(CC(=O)O)C2CCCC2)CCCN1. The van der Waals surface area contributed by atoms with Gasteiger partial charge in [0, 0.05) is 6.04 Å². The average Bonchev–Trinajstić information content (AvgIpc) is 2.96. The van der Waals surface area contributed by atoms with Crippen molar-refractivity contribution >= 4 is 11.9 Å². The first kappa shape index (κ1) is 13.3. The van der Waals surface area contributed by atoms with Gasteiger partial charge in [0.1, 0.15) is 6.54 Å². The molecular weight excluding hydrogens is 232 g/mol. The molecule has 2 N–H and O–H groups in total. The van der Waals surface area contributed by atoms with E-state index in [2.05, 4.69) is 5.32 Å². The highest BCUT2D eigenvalue weighted by molar-refractivity contribution is 5.89. The van der Waals surface area contributed by atoms with Crippen molar-refractivity contribution in [1.29, 1.82) is 0 Å². The van der Waals surface area contributed by atoms with Crippen molar-refractivity contribution in [3.05, 3.63) is 0 Å². The zero-order valence-electron chi connectivity index (χ0n) is 10.9. The minimum absolute atomic E-state index is 0.0331. The van der Waals surface area contributed by atoms with Gasteiger partial charge in [0.05, 0.1) is 5.54 Å². The average molecular weight is 254 g/mol. The lowest BCUT2D eigenvalue weighted by atomic mass is 9.97. The molecule has 1 amide bonds. The standard InChI is InChI=1S/C13H22N2O3/c1-13(7-4-8-14-13)12(18)15(9-11(16)17)10-5-2-3-6-10/h10,14H,2-9H2,1H3,(H,16,17). The van der Waals surface area contributed by atoms with Gasteiger partial charge in [0.2, 0.25) is 5.91 Å². The predicted octanol–water partition coefficient (Wildman–Crippen LogP) is 0.984. The van der Waals surface area contributed by atoms with Gasteiger partial charge in [0.25, 0.3) is 0 Å². The summed E-state index contributed by atoms with van der Waals surface area (Å²) in [5.41, 5.74) is -0.557. The van der Waals surface area contributed by atoms with Crippen LogP contribution in [0.1, 0.15) is 45.4 Å². The number of aliphatic carboxylic acids is 1. The van der Waals surface area contributed by atoms with Crippen LogP contribution < -0.4 is 5.32 Å². The first-order chi connectivity index (χ1) is 8.53. The number of carboxylic acid groups (broad SMARTS) is 1. The molecule has 5 nitrogen and oxygen atoms in total. The second kappa shape index (κ2) is 5.26. The van der Waals surface area contributed by atoms with E-state index in [-0.39, 0.29) is 18.5 Å². The number of hydrogen-bond acceptors (Lipinski definition) is 3. The van der Waals surface area contributed by atoms with Gasteiger partial charge >= 0.3 is 5.97 Å². The molecule has 1 unspecified atom stereocenters. The molecule has 18 heavy (non-hydrogen) atoms. The van der Waals surface area contributed by atoms with Gasteiger partial charge in [-0.2, -0.15) is 0 Å². The van der Waals surface area contributed by atoms with Crippen molar-refractivity contribution in [2.75, 3.05) is 13.1 Å². The van der Waals surface area contributed by atoms with Crippen LogP contribution in [0.15, 0.2) is 0 Å². The van der Waals surface area contributed by atoms with Gasteiger partial charge in [-0.05, 0) is 39.2 Å². The van der Waals surface area contributed by atoms with Crippen molar-refractivity contribution in [2.24, 2.45) is 0 Å². The Labute approximate surface area is 108 Å². The summed E-state index contributed by atoms with van der Waals surface area (Å²) >= 11 is 0. The van der Waals surface area contributed by atoms with E-state index in [1.54, 1.807) is 4.90 Å². The molecule has 1 aliphatic carbocycles. The summed E-state index contributed by atoms with van der Waals surface area (Å²) in [5.74, 6) is -0.953. The molecule has 0 bridgehead atoms. The molecule has 1 atom stereocenters. The van der Waals surface area contributed by atoms with Crippen molar-refractivity contribution in [2.45, 2.75) is 57.0 Å². The van der Waals surface area contributed by atoms with E-state index in [9.17, 15) is 9.59 Å². The number of nitrogens with one attached hydrogen (secondary N) is 1. The molecule has 2 aliphatic rings. The molecule has 2 fully saturated rings. The zero-order chi connectivity index (χ0) is 13.2. The van der Waals surface area contributed by atoms with Crippen LogP contribution in [0, 0.1) is 0 Å². The van der Waals surface area contributed by atoms with Gasteiger partial charge in [-0.25, -0.2) is 0 Å².